The summed E-state index contributed by atoms with van der Waals surface area (Å²) >= 11 is 1.48. The first-order valence-corrected chi connectivity index (χ1v) is 9.41. The molecule has 0 saturated carbocycles. The molecule has 0 radical (unpaired) electrons. The van der Waals surface area contributed by atoms with Gasteiger partial charge in [-0.1, -0.05) is 60.3 Å². The molecular formula is C20H17N3O2S. The zero-order chi connectivity index (χ0) is 17.8. The first kappa shape index (κ1) is 16.6. The molecule has 2 heterocycles. The van der Waals surface area contributed by atoms with Gasteiger partial charge in [0.15, 0.2) is 5.78 Å². The van der Waals surface area contributed by atoms with Crippen LogP contribution in [0, 0.1) is 0 Å². The third-order valence-electron chi connectivity index (χ3n) is 4.10. The van der Waals surface area contributed by atoms with Gasteiger partial charge < -0.3 is 9.40 Å². The topological polar surface area (TPSA) is 71.8 Å². The number of fused-ring (bicyclic) bond motifs is 1. The van der Waals surface area contributed by atoms with E-state index in [0.29, 0.717) is 17.5 Å². The number of carbonyl (C=O) groups excluding carboxylic acids is 1. The molecule has 26 heavy (non-hydrogen) atoms. The Balaban J connectivity index is 1.34. The predicted octanol–water partition coefficient (Wildman–Crippen LogP) is 4.97. The Kier molecular flexibility index (Phi) is 4.84. The highest BCUT2D eigenvalue weighted by Crippen LogP contribution is 2.29. The largest absolute Gasteiger partial charge is 0.411 e. The Labute approximate surface area is 154 Å². The standard InChI is InChI=1S/C20H17N3O2S/c24-18(14-7-2-1-3-8-14)11-6-12-26-20-23-22-19(25-20)16-13-21-17-10-5-4-9-15(16)17/h1-5,7-10,13,21H,6,11-12H2. The number of H-pyrrole nitrogens is 1. The number of aromatic amines is 1. The van der Waals surface area contributed by atoms with Crippen LogP contribution in [0.25, 0.3) is 22.4 Å². The minimum absolute atomic E-state index is 0.163. The van der Waals surface area contributed by atoms with E-state index in [-0.39, 0.29) is 5.78 Å². The van der Waals surface area contributed by atoms with E-state index in [1.54, 1.807) is 0 Å². The van der Waals surface area contributed by atoms with Crippen LogP contribution >= 0.6 is 11.8 Å². The van der Waals surface area contributed by atoms with Crippen molar-refractivity contribution in [1.82, 2.24) is 15.2 Å². The van der Waals surface area contributed by atoms with Crippen molar-refractivity contribution in [2.75, 3.05) is 5.75 Å². The van der Waals surface area contributed by atoms with Crippen molar-refractivity contribution in [3.05, 3.63) is 66.4 Å². The van der Waals surface area contributed by atoms with Crippen molar-refractivity contribution in [3.63, 3.8) is 0 Å². The monoisotopic (exact) mass is 363 g/mol. The quantitative estimate of drug-likeness (QED) is 0.285. The second-order valence-corrected chi connectivity index (χ2v) is 6.91. The van der Waals surface area contributed by atoms with Crippen LogP contribution in [0.15, 0.2) is 70.4 Å². The highest BCUT2D eigenvalue weighted by Gasteiger charge is 2.13. The summed E-state index contributed by atoms with van der Waals surface area (Å²) in [4.78, 5) is 15.3. The Bertz CT molecular complexity index is 1020. The number of nitrogens with one attached hydrogen (secondary N) is 1. The number of para-hydroxylation sites is 1. The Morgan fingerprint density at radius 2 is 1.85 bits per heavy atom. The lowest BCUT2D eigenvalue weighted by Crippen LogP contribution is -1.99. The second-order valence-electron chi connectivity index (χ2n) is 5.86. The summed E-state index contributed by atoms with van der Waals surface area (Å²) in [6, 6.07) is 17.4. The molecule has 1 N–H and O–H groups in total. The van der Waals surface area contributed by atoms with Gasteiger partial charge in [-0.2, -0.15) is 0 Å². The molecule has 0 aliphatic rings. The maximum atomic E-state index is 12.1. The van der Waals surface area contributed by atoms with Gasteiger partial charge in [0.1, 0.15) is 0 Å². The van der Waals surface area contributed by atoms with Crippen molar-refractivity contribution >= 4 is 28.4 Å². The van der Waals surface area contributed by atoms with E-state index in [2.05, 4.69) is 15.2 Å². The van der Waals surface area contributed by atoms with Crippen molar-refractivity contribution in [2.24, 2.45) is 0 Å². The number of thioether (sulfide) groups is 1. The molecule has 5 nitrogen and oxygen atoms in total. The fourth-order valence-corrected chi connectivity index (χ4v) is 3.49. The summed E-state index contributed by atoms with van der Waals surface area (Å²) in [6.45, 7) is 0. The van der Waals surface area contributed by atoms with Gasteiger partial charge in [0.25, 0.3) is 11.1 Å². The van der Waals surface area contributed by atoms with Crippen molar-refractivity contribution < 1.29 is 9.21 Å². The number of carbonyl (C=O) groups is 1. The molecule has 0 saturated heterocycles. The summed E-state index contributed by atoms with van der Waals surface area (Å²) in [5.41, 5.74) is 2.70. The molecule has 0 aliphatic carbocycles. The van der Waals surface area contributed by atoms with Gasteiger partial charge >= 0.3 is 0 Å². The summed E-state index contributed by atoms with van der Waals surface area (Å²) < 4.78 is 5.76. The molecule has 130 valence electrons. The molecule has 6 heteroatoms. The number of ketones is 1. The molecule has 4 rings (SSSR count). The predicted molar refractivity (Wildman–Crippen MR) is 102 cm³/mol. The average Bonchev–Trinajstić information content (AvgIpc) is 3.32. The van der Waals surface area contributed by atoms with Crippen LogP contribution in [-0.2, 0) is 0 Å². The molecule has 0 atom stereocenters. The first-order chi connectivity index (χ1) is 12.8. The lowest BCUT2D eigenvalue weighted by Gasteiger charge is -1.99. The average molecular weight is 363 g/mol. The van der Waals surface area contributed by atoms with Gasteiger partial charge in [-0.3, -0.25) is 4.79 Å². The summed E-state index contributed by atoms with van der Waals surface area (Å²) in [5, 5.41) is 9.83. The highest BCUT2D eigenvalue weighted by atomic mass is 32.2. The van der Waals surface area contributed by atoms with Gasteiger partial charge in [-0.15, -0.1) is 10.2 Å². The summed E-state index contributed by atoms with van der Waals surface area (Å²) in [6.07, 6.45) is 3.16. The van der Waals surface area contributed by atoms with E-state index in [1.165, 1.54) is 11.8 Å². The minimum Gasteiger partial charge on any atom is -0.411 e. The second kappa shape index (κ2) is 7.58. The third kappa shape index (κ3) is 3.55. The number of hydrogen-bond acceptors (Lipinski definition) is 5. The number of hydrogen-bond donors (Lipinski definition) is 1. The van der Waals surface area contributed by atoms with Gasteiger partial charge in [-0.05, 0) is 12.5 Å². The van der Waals surface area contributed by atoms with Gasteiger partial charge in [0.2, 0.25) is 0 Å². The molecule has 0 fully saturated rings. The van der Waals surface area contributed by atoms with E-state index in [9.17, 15) is 4.79 Å². The molecule has 0 bridgehead atoms. The fraction of sp³-hybridized carbons (Fsp3) is 0.150. The fourth-order valence-electron chi connectivity index (χ4n) is 2.79. The highest BCUT2D eigenvalue weighted by molar-refractivity contribution is 7.99. The molecule has 4 aromatic rings. The van der Waals surface area contributed by atoms with Crippen molar-refractivity contribution in [1.29, 1.82) is 0 Å². The number of aromatic nitrogens is 3. The van der Waals surface area contributed by atoms with Crippen LogP contribution < -0.4 is 0 Å². The van der Waals surface area contributed by atoms with E-state index >= 15 is 0 Å². The van der Waals surface area contributed by atoms with E-state index < -0.39 is 0 Å². The van der Waals surface area contributed by atoms with Crippen LogP contribution in [0.2, 0.25) is 0 Å². The SMILES string of the molecule is O=C(CCCSc1nnc(-c2c[nH]c3ccccc23)o1)c1ccccc1. The lowest BCUT2D eigenvalue weighted by atomic mass is 10.1. The van der Waals surface area contributed by atoms with E-state index in [1.807, 2.05) is 60.8 Å². The van der Waals surface area contributed by atoms with Crippen molar-refractivity contribution in [2.45, 2.75) is 18.1 Å². The third-order valence-corrected chi connectivity index (χ3v) is 5.00. The summed E-state index contributed by atoms with van der Waals surface area (Å²) in [5.74, 6) is 1.43. The van der Waals surface area contributed by atoms with E-state index in [0.717, 1.165) is 34.2 Å². The van der Waals surface area contributed by atoms with Crippen LogP contribution in [0.1, 0.15) is 23.2 Å². The number of Topliss-reactive ketones (excluding diaryl/α,β-unsaturated/α-hetero) is 1. The van der Waals surface area contributed by atoms with Gasteiger partial charge in [0, 0.05) is 34.8 Å². The zero-order valence-corrected chi connectivity index (χ0v) is 14.8. The molecular weight excluding hydrogens is 346 g/mol. The molecule has 2 aromatic carbocycles. The number of benzene rings is 2. The van der Waals surface area contributed by atoms with Crippen LogP contribution in [0.5, 0.6) is 0 Å². The van der Waals surface area contributed by atoms with Crippen LogP contribution in [0.4, 0.5) is 0 Å². The molecule has 0 unspecified atom stereocenters. The van der Waals surface area contributed by atoms with Crippen LogP contribution in [-0.4, -0.2) is 26.7 Å². The Morgan fingerprint density at radius 3 is 2.73 bits per heavy atom. The van der Waals surface area contributed by atoms with Crippen LogP contribution in [0.3, 0.4) is 0 Å². The van der Waals surface area contributed by atoms with Crippen molar-refractivity contribution in [3.8, 4) is 11.5 Å². The zero-order valence-electron chi connectivity index (χ0n) is 14.0. The Hall–Kier alpha value is -2.86. The molecule has 0 spiro atoms. The number of nitrogens with zero attached hydrogens (tertiary/aromatic N) is 2. The normalized spacial score (nSPS) is 11.1. The first-order valence-electron chi connectivity index (χ1n) is 8.42. The maximum absolute atomic E-state index is 12.1. The smallest absolute Gasteiger partial charge is 0.276 e. The molecule has 0 aliphatic heterocycles. The van der Waals surface area contributed by atoms with Gasteiger partial charge in [-0.25, -0.2) is 0 Å². The van der Waals surface area contributed by atoms with E-state index in [4.69, 9.17) is 4.42 Å². The number of rotatable bonds is 7. The van der Waals surface area contributed by atoms with Gasteiger partial charge in [0.05, 0.1) is 5.56 Å². The minimum atomic E-state index is 0.163. The molecule has 0 amide bonds. The lowest BCUT2D eigenvalue weighted by molar-refractivity contribution is 0.0982. The maximum Gasteiger partial charge on any atom is 0.276 e. The Morgan fingerprint density at radius 1 is 1.04 bits per heavy atom. The molecule has 2 aromatic heterocycles. The summed E-state index contributed by atoms with van der Waals surface area (Å²) in [7, 11) is 0.